The van der Waals surface area contributed by atoms with Gasteiger partial charge < -0.3 is 13.0 Å². The van der Waals surface area contributed by atoms with Crippen molar-refractivity contribution in [1.82, 2.24) is 0 Å². The summed E-state index contributed by atoms with van der Waals surface area (Å²) in [6.45, 7) is 15.7. The molecule has 0 heterocycles. The van der Waals surface area contributed by atoms with Gasteiger partial charge in [-0.3, -0.25) is 0 Å². The van der Waals surface area contributed by atoms with E-state index >= 15 is 0 Å². The van der Waals surface area contributed by atoms with Gasteiger partial charge in [0, 0.05) is 0 Å². The second-order valence-electron chi connectivity index (χ2n) is 10.4. The standard InChI is InChI=1S/C26H41NO3Si3/c1-8-9-10-11-20-31(2,3)29-33(6,7)30-32(4,5)22-28-26-18-16-25(17-19-26)24-14-12-23(21-27)13-15-24/h12-19H,8-11,20,22H2,1-7H3. The van der Waals surface area contributed by atoms with Gasteiger partial charge in [-0.2, -0.15) is 5.26 Å². The molecule has 0 aliphatic carbocycles. The monoisotopic (exact) mass is 499 g/mol. The Morgan fingerprint density at radius 3 is 1.82 bits per heavy atom. The van der Waals surface area contributed by atoms with Gasteiger partial charge in [-0.05, 0) is 80.7 Å². The van der Waals surface area contributed by atoms with Crippen LogP contribution in [0.2, 0.25) is 45.3 Å². The second-order valence-corrected chi connectivity index (χ2v) is 22.7. The molecule has 0 aliphatic rings. The average molecular weight is 500 g/mol. The topological polar surface area (TPSA) is 51.5 Å². The molecule has 2 rings (SSSR count). The summed E-state index contributed by atoms with van der Waals surface area (Å²) in [5.41, 5.74) is 2.86. The molecule has 2 aromatic rings. The lowest BCUT2D eigenvalue weighted by Crippen LogP contribution is -2.54. The minimum Gasteiger partial charge on any atom is -0.494 e. The van der Waals surface area contributed by atoms with Crippen LogP contribution in [0.3, 0.4) is 0 Å². The first-order chi connectivity index (χ1) is 15.5. The maximum atomic E-state index is 8.96. The van der Waals surface area contributed by atoms with Crippen molar-refractivity contribution >= 4 is 25.2 Å². The fraction of sp³-hybridized carbons (Fsp3) is 0.500. The molecular formula is C26H41NO3Si3. The van der Waals surface area contributed by atoms with E-state index in [4.69, 9.17) is 18.2 Å². The van der Waals surface area contributed by atoms with E-state index in [1.54, 1.807) is 0 Å². The number of ether oxygens (including phenoxy) is 1. The Morgan fingerprint density at radius 2 is 1.27 bits per heavy atom. The summed E-state index contributed by atoms with van der Waals surface area (Å²) in [6, 6.07) is 19.1. The third-order valence-electron chi connectivity index (χ3n) is 5.46. The van der Waals surface area contributed by atoms with Crippen LogP contribution in [0.5, 0.6) is 5.75 Å². The normalized spacial score (nSPS) is 12.4. The second kappa shape index (κ2) is 12.1. The van der Waals surface area contributed by atoms with Gasteiger partial charge >= 0.3 is 8.56 Å². The van der Waals surface area contributed by atoms with E-state index in [0.29, 0.717) is 11.8 Å². The highest BCUT2D eigenvalue weighted by atomic mass is 28.5. The Labute approximate surface area is 204 Å². The lowest BCUT2D eigenvalue weighted by molar-refractivity contribution is 0.328. The van der Waals surface area contributed by atoms with Crippen LogP contribution in [0.1, 0.15) is 38.2 Å². The zero-order valence-electron chi connectivity index (χ0n) is 21.5. The predicted octanol–water partition coefficient (Wildman–Crippen LogP) is 7.87. The number of nitrogens with zero attached hydrogens (tertiary/aromatic N) is 1. The van der Waals surface area contributed by atoms with E-state index in [2.05, 4.69) is 64.4 Å². The summed E-state index contributed by atoms with van der Waals surface area (Å²) in [7, 11) is -5.99. The zero-order chi connectivity index (χ0) is 24.5. The van der Waals surface area contributed by atoms with Crippen LogP contribution in [0.25, 0.3) is 11.1 Å². The summed E-state index contributed by atoms with van der Waals surface area (Å²) in [6.07, 6.45) is 5.75. The summed E-state index contributed by atoms with van der Waals surface area (Å²) in [4.78, 5) is 0. The molecule has 0 N–H and O–H groups in total. The SMILES string of the molecule is CCCCCC[Si](C)(C)O[Si](C)(C)O[Si](C)(C)COc1ccc(-c2ccc(C#N)cc2)cc1. The molecule has 0 atom stereocenters. The molecule has 0 bridgehead atoms. The highest BCUT2D eigenvalue weighted by molar-refractivity contribution is 6.87. The van der Waals surface area contributed by atoms with Gasteiger partial charge in [0.2, 0.25) is 8.32 Å². The number of rotatable bonds is 13. The van der Waals surface area contributed by atoms with Crippen molar-refractivity contribution in [2.24, 2.45) is 0 Å². The van der Waals surface area contributed by atoms with E-state index in [-0.39, 0.29) is 0 Å². The van der Waals surface area contributed by atoms with Gasteiger partial charge in [0.05, 0.1) is 11.6 Å². The van der Waals surface area contributed by atoms with E-state index < -0.39 is 25.2 Å². The van der Waals surface area contributed by atoms with Crippen LogP contribution in [-0.4, -0.2) is 31.4 Å². The minimum atomic E-state index is -2.22. The molecule has 0 fully saturated rings. The summed E-state index contributed by atoms with van der Waals surface area (Å²) >= 11 is 0. The summed E-state index contributed by atoms with van der Waals surface area (Å²) in [5, 5.41) is 8.96. The Morgan fingerprint density at radius 1 is 0.727 bits per heavy atom. The molecule has 7 heteroatoms. The highest BCUT2D eigenvalue weighted by Crippen LogP contribution is 2.26. The lowest BCUT2D eigenvalue weighted by Gasteiger charge is -2.38. The van der Waals surface area contributed by atoms with Crippen LogP contribution in [-0.2, 0) is 8.23 Å². The Kier molecular flexibility index (Phi) is 10.1. The molecular weight excluding hydrogens is 459 g/mol. The predicted molar refractivity (Wildman–Crippen MR) is 146 cm³/mol. The summed E-state index contributed by atoms with van der Waals surface area (Å²) < 4.78 is 19.5. The third kappa shape index (κ3) is 9.98. The highest BCUT2D eigenvalue weighted by Gasteiger charge is 2.39. The first-order valence-electron chi connectivity index (χ1n) is 12.1. The van der Waals surface area contributed by atoms with Crippen molar-refractivity contribution in [3.05, 3.63) is 54.1 Å². The molecule has 4 nitrogen and oxygen atoms in total. The molecule has 0 unspecified atom stereocenters. The van der Waals surface area contributed by atoms with Crippen LogP contribution >= 0.6 is 0 Å². The van der Waals surface area contributed by atoms with E-state index in [1.165, 1.54) is 31.7 Å². The molecule has 2 aromatic carbocycles. The van der Waals surface area contributed by atoms with Gasteiger partial charge in [-0.15, -0.1) is 0 Å². The van der Waals surface area contributed by atoms with E-state index in [1.807, 2.05) is 36.4 Å². The maximum Gasteiger partial charge on any atom is 0.311 e. The van der Waals surface area contributed by atoms with Gasteiger partial charge in [0.25, 0.3) is 0 Å². The first kappa shape index (κ1) is 27.5. The van der Waals surface area contributed by atoms with Crippen molar-refractivity contribution in [3.63, 3.8) is 0 Å². The van der Waals surface area contributed by atoms with Gasteiger partial charge in [-0.1, -0.05) is 56.9 Å². The quantitative estimate of drug-likeness (QED) is 0.208. The average Bonchev–Trinajstić information content (AvgIpc) is 2.74. The van der Waals surface area contributed by atoms with Crippen LogP contribution in [0.4, 0.5) is 0 Å². The lowest BCUT2D eigenvalue weighted by atomic mass is 10.0. The van der Waals surface area contributed by atoms with Gasteiger partial charge in [-0.25, -0.2) is 0 Å². The van der Waals surface area contributed by atoms with Gasteiger partial charge in [0.15, 0.2) is 8.32 Å². The van der Waals surface area contributed by atoms with Crippen molar-refractivity contribution in [1.29, 1.82) is 5.26 Å². The molecule has 33 heavy (non-hydrogen) atoms. The first-order valence-corrected chi connectivity index (χ1v) is 21.1. The largest absolute Gasteiger partial charge is 0.494 e. The fourth-order valence-corrected chi connectivity index (χ4v) is 17.6. The number of benzene rings is 2. The van der Waals surface area contributed by atoms with Crippen LogP contribution < -0.4 is 4.74 Å². The third-order valence-corrected chi connectivity index (χ3v) is 16.2. The molecule has 0 saturated heterocycles. The van der Waals surface area contributed by atoms with E-state index in [9.17, 15) is 0 Å². The minimum absolute atomic E-state index is 0.599. The van der Waals surface area contributed by atoms with Crippen molar-refractivity contribution in [2.45, 2.75) is 77.9 Å². The van der Waals surface area contributed by atoms with E-state index in [0.717, 1.165) is 16.9 Å². The molecule has 0 radical (unpaired) electrons. The molecule has 0 spiro atoms. The molecule has 180 valence electrons. The molecule has 0 saturated carbocycles. The number of hydrogen-bond donors (Lipinski definition) is 0. The van der Waals surface area contributed by atoms with Crippen molar-refractivity contribution in [3.8, 4) is 22.9 Å². The number of unbranched alkanes of at least 4 members (excludes halogenated alkanes) is 3. The Hall–Kier alpha value is -1.70. The van der Waals surface area contributed by atoms with Crippen LogP contribution in [0, 0.1) is 11.3 Å². The Bertz CT molecular complexity index is 904. The van der Waals surface area contributed by atoms with Crippen molar-refractivity contribution < 1.29 is 13.0 Å². The van der Waals surface area contributed by atoms with Gasteiger partial charge in [0.1, 0.15) is 12.0 Å². The Balaban J connectivity index is 1.89. The van der Waals surface area contributed by atoms with Crippen LogP contribution in [0.15, 0.2) is 48.5 Å². The number of hydrogen-bond acceptors (Lipinski definition) is 4. The summed E-state index contributed by atoms with van der Waals surface area (Å²) in [5.74, 6) is 0.850. The maximum absolute atomic E-state index is 8.96. The smallest absolute Gasteiger partial charge is 0.311 e. The molecule has 0 aromatic heterocycles. The fourth-order valence-electron chi connectivity index (χ4n) is 4.15. The number of nitriles is 1. The molecule has 0 aliphatic heterocycles. The zero-order valence-corrected chi connectivity index (χ0v) is 24.5. The molecule has 0 amide bonds. The van der Waals surface area contributed by atoms with Crippen molar-refractivity contribution in [2.75, 3.05) is 6.23 Å².